The van der Waals surface area contributed by atoms with Crippen molar-refractivity contribution in [2.45, 2.75) is 19.8 Å². The van der Waals surface area contributed by atoms with Gasteiger partial charge in [0.05, 0.1) is 5.33 Å². The van der Waals surface area contributed by atoms with Gasteiger partial charge >= 0.3 is 0 Å². The van der Waals surface area contributed by atoms with E-state index in [9.17, 15) is 4.79 Å². The molecule has 1 rings (SSSR count). The first-order valence-corrected chi connectivity index (χ1v) is 6.02. The van der Waals surface area contributed by atoms with Crippen molar-refractivity contribution in [2.75, 3.05) is 5.33 Å². The van der Waals surface area contributed by atoms with Crippen LogP contribution >= 0.6 is 15.9 Å². The number of hydrogen-bond acceptors (Lipinski definition) is 1. The number of Topliss-reactive ketones (excluding diaryl/α,β-unsaturated/α-hetero) is 1. The van der Waals surface area contributed by atoms with Crippen molar-refractivity contribution in [3.63, 3.8) is 0 Å². The molecule has 0 saturated heterocycles. The zero-order valence-corrected chi connectivity index (χ0v) is 9.96. The highest BCUT2D eigenvalue weighted by Gasteiger charge is 2.14. The maximum atomic E-state index is 11.5. The largest absolute Gasteiger partial charge is 0.298 e. The average molecular weight is 255 g/mol. The monoisotopic (exact) mass is 254 g/mol. The third-order valence-electron chi connectivity index (χ3n) is 2.40. The highest BCUT2D eigenvalue weighted by molar-refractivity contribution is 9.09. The molecule has 0 aromatic heterocycles. The fourth-order valence-electron chi connectivity index (χ4n) is 1.49. The van der Waals surface area contributed by atoms with Gasteiger partial charge in [-0.05, 0) is 18.4 Å². The molecule has 0 amide bonds. The van der Waals surface area contributed by atoms with Crippen LogP contribution < -0.4 is 0 Å². The van der Waals surface area contributed by atoms with Crippen LogP contribution in [-0.4, -0.2) is 11.1 Å². The van der Waals surface area contributed by atoms with Crippen molar-refractivity contribution in [3.8, 4) is 0 Å². The van der Waals surface area contributed by atoms with Crippen LogP contribution in [0.4, 0.5) is 0 Å². The minimum Gasteiger partial charge on any atom is -0.298 e. The minimum absolute atomic E-state index is 0.164. The Bertz CT molecular complexity index is 282. The molecular formula is C12H15BrO. The van der Waals surface area contributed by atoms with Gasteiger partial charge in [0.2, 0.25) is 0 Å². The van der Waals surface area contributed by atoms with Gasteiger partial charge in [0.25, 0.3) is 0 Å². The zero-order valence-electron chi connectivity index (χ0n) is 8.37. The Kier molecular flexibility index (Phi) is 4.88. The minimum atomic E-state index is 0.164. The topological polar surface area (TPSA) is 17.1 Å². The van der Waals surface area contributed by atoms with Crippen molar-refractivity contribution in [1.82, 2.24) is 0 Å². The molecule has 0 saturated carbocycles. The van der Waals surface area contributed by atoms with Crippen LogP contribution in [0, 0.1) is 5.92 Å². The van der Waals surface area contributed by atoms with Gasteiger partial charge in [-0.25, -0.2) is 0 Å². The highest BCUT2D eigenvalue weighted by atomic mass is 79.9. The maximum absolute atomic E-state index is 11.5. The van der Waals surface area contributed by atoms with E-state index in [0.717, 1.165) is 12.8 Å². The number of halogens is 1. The second kappa shape index (κ2) is 5.97. The summed E-state index contributed by atoms with van der Waals surface area (Å²) in [6.07, 6.45) is 1.78. The molecule has 0 spiro atoms. The number of ketones is 1. The lowest BCUT2D eigenvalue weighted by Gasteiger charge is -2.11. The van der Waals surface area contributed by atoms with Gasteiger partial charge in [-0.15, -0.1) is 0 Å². The lowest BCUT2D eigenvalue weighted by Crippen LogP contribution is -2.17. The fourth-order valence-corrected chi connectivity index (χ4v) is 1.95. The molecule has 2 heteroatoms. The van der Waals surface area contributed by atoms with Gasteiger partial charge in [0.1, 0.15) is 5.78 Å². The van der Waals surface area contributed by atoms with Crippen LogP contribution in [0.2, 0.25) is 0 Å². The van der Waals surface area contributed by atoms with E-state index in [1.54, 1.807) is 0 Å². The third-order valence-corrected chi connectivity index (χ3v) is 2.96. The molecule has 0 heterocycles. The van der Waals surface area contributed by atoms with Crippen molar-refractivity contribution in [3.05, 3.63) is 35.9 Å². The molecule has 0 aliphatic carbocycles. The third kappa shape index (κ3) is 3.26. The molecule has 1 unspecified atom stereocenters. The van der Waals surface area contributed by atoms with Gasteiger partial charge in [-0.3, -0.25) is 4.79 Å². The first-order valence-electron chi connectivity index (χ1n) is 4.90. The van der Waals surface area contributed by atoms with Crippen molar-refractivity contribution < 1.29 is 4.79 Å². The van der Waals surface area contributed by atoms with Crippen LogP contribution in [0.25, 0.3) is 0 Å². The molecule has 0 aliphatic heterocycles. The van der Waals surface area contributed by atoms with Crippen molar-refractivity contribution >= 4 is 21.7 Å². The molecule has 0 fully saturated rings. The number of carbonyl (C=O) groups is 1. The Morgan fingerprint density at radius 2 is 2.00 bits per heavy atom. The number of carbonyl (C=O) groups excluding carboxylic acids is 1. The SMILES string of the molecule is CCC(Cc1ccccc1)C(=O)CBr. The van der Waals surface area contributed by atoms with Crippen molar-refractivity contribution in [2.24, 2.45) is 5.92 Å². The molecule has 1 nitrogen and oxygen atoms in total. The van der Waals surface area contributed by atoms with E-state index in [-0.39, 0.29) is 5.92 Å². The molecular weight excluding hydrogens is 240 g/mol. The quantitative estimate of drug-likeness (QED) is 0.738. The van der Waals surface area contributed by atoms with E-state index >= 15 is 0 Å². The van der Waals surface area contributed by atoms with E-state index < -0.39 is 0 Å². The zero-order chi connectivity index (χ0) is 10.4. The lowest BCUT2D eigenvalue weighted by atomic mass is 9.94. The second-order valence-electron chi connectivity index (χ2n) is 3.39. The molecule has 0 bridgehead atoms. The summed E-state index contributed by atoms with van der Waals surface area (Å²) in [4.78, 5) is 11.5. The Morgan fingerprint density at radius 3 is 2.50 bits per heavy atom. The summed E-state index contributed by atoms with van der Waals surface area (Å²) < 4.78 is 0. The Morgan fingerprint density at radius 1 is 1.36 bits per heavy atom. The number of rotatable bonds is 5. The predicted molar refractivity (Wildman–Crippen MR) is 62.7 cm³/mol. The first-order chi connectivity index (χ1) is 6.77. The summed E-state index contributed by atoms with van der Waals surface area (Å²) in [5, 5.41) is 0.471. The fraction of sp³-hybridized carbons (Fsp3) is 0.417. The van der Waals surface area contributed by atoms with E-state index in [2.05, 4.69) is 35.0 Å². The standard InChI is InChI=1S/C12H15BrO/c1-2-11(12(14)9-13)8-10-6-4-3-5-7-10/h3-7,11H,2,8-9H2,1H3. The molecule has 76 valence electrons. The van der Waals surface area contributed by atoms with Gasteiger partial charge in [0.15, 0.2) is 0 Å². The van der Waals surface area contributed by atoms with Crippen molar-refractivity contribution in [1.29, 1.82) is 0 Å². The highest BCUT2D eigenvalue weighted by Crippen LogP contribution is 2.14. The summed E-state index contributed by atoms with van der Waals surface area (Å²) in [7, 11) is 0. The number of alkyl halides is 1. The van der Waals surface area contributed by atoms with Gasteiger partial charge in [-0.2, -0.15) is 0 Å². The molecule has 1 aromatic rings. The first kappa shape index (κ1) is 11.4. The van der Waals surface area contributed by atoms with E-state index in [1.807, 2.05) is 18.2 Å². The van der Waals surface area contributed by atoms with Crippen LogP contribution in [-0.2, 0) is 11.2 Å². The molecule has 14 heavy (non-hydrogen) atoms. The average Bonchev–Trinajstić information content (AvgIpc) is 2.26. The van der Waals surface area contributed by atoms with Crippen LogP contribution in [0.5, 0.6) is 0 Å². The predicted octanol–water partition coefficient (Wildman–Crippen LogP) is 3.22. The van der Waals surface area contributed by atoms with Crippen LogP contribution in [0.1, 0.15) is 18.9 Å². The Labute approximate surface area is 93.7 Å². The lowest BCUT2D eigenvalue weighted by molar-refractivity contribution is -0.120. The number of benzene rings is 1. The van der Waals surface area contributed by atoms with Gasteiger partial charge in [0, 0.05) is 5.92 Å². The maximum Gasteiger partial charge on any atom is 0.146 e. The van der Waals surface area contributed by atoms with E-state index in [1.165, 1.54) is 5.56 Å². The molecule has 0 N–H and O–H groups in total. The molecule has 1 atom stereocenters. The second-order valence-corrected chi connectivity index (χ2v) is 3.96. The molecule has 0 aliphatic rings. The van der Waals surface area contributed by atoms with Gasteiger partial charge in [-0.1, -0.05) is 53.2 Å². The van der Waals surface area contributed by atoms with Crippen LogP contribution in [0.15, 0.2) is 30.3 Å². The summed E-state index contributed by atoms with van der Waals surface area (Å²) in [6, 6.07) is 10.2. The molecule has 1 aromatic carbocycles. The van der Waals surface area contributed by atoms with Gasteiger partial charge < -0.3 is 0 Å². The summed E-state index contributed by atoms with van der Waals surface area (Å²) in [5.41, 5.74) is 1.24. The summed E-state index contributed by atoms with van der Waals surface area (Å²) in [6.45, 7) is 2.06. The van der Waals surface area contributed by atoms with E-state index in [4.69, 9.17) is 0 Å². The Balaban J connectivity index is 2.62. The number of hydrogen-bond donors (Lipinski definition) is 0. The summed E-state index contributed by atoms with van der Waals surface area (Å²) >= 11 is 3.22. The smallest absolute Gasteiger partial charge is 0.146 e. The summed E-state index contributed by atoms with van der Waals surface area (Å²) in [5.74, 6) is 0.466. The Hall–Kier alpha value is -0.630. The normalized spacial score (nSPS) is 12.4. The molecule has 0 radical (unpaired) electrons. The van der Waals surface area contributed by atoms with E-state index in [0.29, 0.717) is 11.1 Å². The van der Waals surface area contributed by atoms with Crippen LogP contribution in [0.3, 0.4) is 0 Å².